The molecule has 0 aromatic carbocycles. The van der Waals surface area contributed by atoms with E-state index in [0.29, 0.717) is 12.8 Å². The number of H-pyrrole nitrogens is 1. The van der Waals surface area contributed by atoms with Crippen molar-refractivity contribution in [2.45, 2.75) is 39.7 Å². The van der Waals surface area contributed by atoms with Crippen molar-refractivity contribution in [3.8, 4) is 11.3 Å². The number of ketones is 1. The SMILES string of the molecule is CC1(C)CC(=O)c2c([nH]c(-c3ccncc3)c2Cc2cnccc2CO)C1. The molecular formula is C22H23N3O2. The zero-order valence-electron chi connectivity index (χ0n) is 15.6. The summed E-state index contributed by atoms with van der Waals surface area (Å²) in [5.74, 6) is 0.183. The fraction of sp³-hybridized carbons (Fsp3) is 0.318. The molecule has 3 aromatic rings. The molecule has 0 amide bonds. The molecule has 27 heavy (non-hydrogen) atoms. The Bertz CT molecular complexity index is 990. The Morgan fingerprint density at radius 1 is 1.07 bits per heavy atom. The molecule has 138 valence electrons. The highest BCUT2D eigenvalue weighted by atomic mass is 16.3. The lowest BCUT2D eigenvalue weighted by molar-refractivity contribution is 0.0911. The molecule has 5 heteroatoms. The number of nitrogens with zero attached hydrogens (tertiary/aromatic N) is 2. The van der Waals surface area contributed by atoms with Gasteiger partial charge < -0.3 is 10.1 Å². The van der Waals surface area contributed by atoms with E-state index in [2.05, 4.69) is 28.8 Å². The first-order chi connectivity index (χ1) is 13.0. The van der Waals surface area contributed by atoms with Crippen LogP contribution in [0.3, 0.4) is 0 Å². The van der Waals surface area contributed by atoms with Crippen LogP contribution in [0.5, 0.6) is 0 Å². The molecule has 4 rings (SSSR count). The van der Waals surface area contributed by atoms with Crippen molar-refractivity contribution in [3.05, 3.63) is 70.9 Å². The van der Waals surface area contributed by atoms with Crippen molar-refractivity contribution in [3.63, 3.8) is 0 Å². The Balaban J connectivity index is 1.89. The molecule has 0 bridgehead atoms. The van der Waals surface area contributed by atoms with Gasteiger partial charge in [-0.25, -0.2) is 0 Å². The average molecular weight is 361 g/mol. The fourth-order valence-electron chi connectivity index (χ4n) is 4.03. The van der Waals surface area contributed by atoms with E-state index in [-0.39, 0.29) is 17.8 Å². The summed E-state index contributed by atoms with van der Waals surface area (Å²) < 4.78 is 0. The molecule has 0 spiro atoms. The van der Waals surface area contributed by atoms with Crippen LogP contribution in [0.15, 0.2) is 43.0 Å². The number of hydrogen-bond donors (Lipinski definition) is 2. The van der Waals surface area contributed by atoms with E-state index in [9.17, 15) is 9.90 Å². The van der Waals surface area contributed by atoms with Gasteiger partial charge in [0.15, 0.2) is 5.78 Å². The van der Waals surface area contributed by atoms with Crippen molar-refractivity contribution in [1.82, 2.24) is 15.0 Å². The quantitative estimate of drug-likeness (QED) is 0.742. The fourth-order valence-corrected chi connectivity index (χ4v) is 4.03. The van der Waals surface area contributed by atoms with Crippen molar-refractivity contribution in [2.75, 3.05) is 0 Å². The van der Waals surface area contributed by atoms with Crippen LogP contribution in [0.2, 0.25) is 0 Å². The zero-order valence-corrected chi connectivity index (χ0v) is 15.6. The summed E-state index contributed by atoms with van der Waals surface area (Å²) in [6, 6.07) is 5.73. The number of Topliss-reactive ketones (excluding diaryl/α,β-unsaturated/α-hetero) is 1. The second kappa shape index (κ2) is 6.74. The van der Waals surface area contributed by atoms with Gasteiger partial charge in [0.2, 0.25) is 0 Å². The molecule has 1 aliphatic rings. The Hall–Kier alpha value is -2.79. The van der Waals surface area contributed by atoms with Gasteiger partial charge in [0.25, 0.3) is 0 Å². The number of aromatic amines is 1. The number of hydrogen-bond acceptors (Lipinski definition) is 4. The molecule has 0 radical (unpaired) electrons. The number of aromatic nitrogens is 3. The lowest BCUT2D eigenvalue weighted by Gasteiger charge is -2.28. The molecule has 0 atom stereocenters. The minimum Gasteiger partial charge on any atom is -0.392 e. The smallest absolute Gasteiger partial charge is 0.165 e. The van der Waals surface area contributed by atoms with Crippen LogP contribution in [0.1, 0.15) is 53.0 Å². The molecule has 0 aliphatic heterocycles. The summed E-state index contributed by atoms with van der Waals surface area (Å²) >= 11 is 0. The van der Waals surface area contributed by atoms with Gasteiger partial charge in [-0.3, -0.25) is 14.8 Å². The first-order valence-corrected chi connectivity index (χ1v) is 9.18. The standard InChI is InChI=1S/C22H23N3O2/c1-22(2)10-18-20(19(27)11-22)17(9-16-12-24-8-5-15(16)13-26)21(25-18)14-3-6-23-7-4-14/h3-8,12,25-26H,9-11,13H2,1-2H3. The number of nitrogens with one attached hydrogen (secondary N) is 1. The van der Waals surface area contributed by atoms with Crippen molar-refractivity contribution < 1.29 is 9.90 Å². The van der Waals surface area contributed by atoms with Gasteiger partial charge in [-0.15, -0.1) is 0 Å². The van der Waals surface area contributed by atoms with Crippen molar-refractivity contribution in [1.29, 1.82) is 0 Å². The summed E-state index contributed by atoms with van der Waals surface area (Å²) in [5.41, 5.74) is 6.50. The van der Waals surface area contributed by atoms with Gasteiger partial charge in [0.05, 0.1) is 12.3 Å². The maximum Gasteiger partial charge on any atom is 0.165 e. The molecule has 0 saturated heterocycles. The number of carbonyl (C=O) groups excluding carboxylic acids is 1. The summed E-state index contributed by atoms with van der Waals surface area (Å²) in [6.07, 6.45) is 8.91. The third-order valence-electron chi connectivity index (χ3n) is 5.27. The van der Waals surface area contributed by atoms with E-state index < -0.39 is 0 Å². The minimum atomic E-state index is -0.0493. The number of carbonyl (C=O) groups is 1. The minimum absolute atomic E-state index is 0.0456. The lowest BCUT2D eigenvalue weighted by Crippen LogP contribution is -2.27. The van der Waals surface area contributed by atoms with E-state index in [1.807, 2.05) is 18.2 Å². The Morgan fingerprint density at radius 3 is 2.56 bits per heavy atom. The van der Waals surface area contributed by atoms with Crippen LogP contribution < -0.4 is 0 Å². The Kier molecular flexibility index (Phi) is 4.40. The molecule has 3 aromatic heterocycles. The maximum absolute atomic E-state index is 13.0. The second-order valence-electron chi connectivity index (χ2n) is 7.99. The van der Waals surface area contributed by atoms with Crippen LogP contribution in [0, 0.1) is 5.41 Å². The third kappa shape index (κ3) is 3.30. The normalized spacial score (nSPS) is 15.6. The first kappa shape index (κ1) is 17.6. The predicted octanol–water partition coefficient (Wildman–Crippen LogP) is 3.71. The zero-order chi connectivity index (χ0) is 19.0. The molecule has 2 N–H and O–H groups in total. The van der Waals surface area contributed by atoms with Gasteiger partial charge in [-0.05, 0) is 46.7 Å². The molecule has 0 saturated carbocycles. The molecule has 5 nitrogen and oxygen atoms in total. The van der Waals surface area contributed by atoms with Crippen molar-refractivity contribution in [2.24, 2.45) is 5.41 Å². The number of aliphatic hydroxyl groups is 1. The van der Waals surface area contributed by atoms with Gasteiger partial charge in [0.1, 0.15) is 0 Å². The topological polar surface area (TPSA) is 78.9 Å². The highest BCUT2D eigenvalue weighted by molar-refractivity contribution is 6.02. The molecule has 1 aliphatic carbocycles. The summed E-state index contributed by atoms with van der Waals surface area (Å²) in [5, 5.41) is 9.68. The van der Waals surface area contributed by atoms with Crippen LogP contribution in [-0.2, 0) is 19.4 Å². The number of pyridine rings is 2. The lowest BCUT2D eigenvalue weighted by atomic mass is 9.75. The molecular weight excluding hydrogens is 338 g/mol. The van der Waals surface area contributed by atoms with E-state index in [0.717, 1.165) is 45.6 Å². The van der Waals surface area contributed by atoms with E-state index in [4.69, 9.17) is 0 Å². The monoisotopic (exact) mass is 361 g/mol. The molecule has 3 heterocycles. The van der Waals surface area contributed by atoms with Gasteiger partial charge in [-0.1, -0.05) is 13.8 Å². The van der Waals surface area contributed by atoms with Gasteiger partial charge >= 0.3 is 0 Å². The van der Waals surface area contributed by atoms with Crippen LogP contribution in [0.25, 0.3) is 11.3 Å². The van der Waals surface area contributed by atoms with E-state index >= 15 is 0 Å². The number of rotatable bonds is 4. The van der Waals surface area contributed by atoms with E-state index in [1.165, 1.54) is 0 Å². The van der Waals surface area contributed by atoms with Gasteiger partial charge in [-0.2, -0.15) is 0 Å². The Morgan fingerprint density at radius 2 is 1.81 bits per heavy atom. The molecule has 0 unspecified atom stereocenters. The van der Waals surface area contributed by atoms with Crippen LogP contribution >= 0.6 is 0 Å². The number of aliphatic hydroxyl groups excluding tert-OH is 1. The predicted molar refractivity (Wildman–Crippen MR) is 103 cm³/mol. The summed E-state index contributed by atoms with van der Waals surface area (Å²) in [7, 11) is 0. The maximum atomic E-state index is 13.0. The van der Waals surface area contributed by atoms with Crippen LogP contribution in [-0.4, -0.2) is 25.8 Å². The summed E-state index contributed by atoms with van der Waals surface area (Å²) in [6.45, 7) is 4.22. The molecule has 0 fully saturated rings. The second-order valence-corrected chi connectivity index (χ2v) is 7.99. The highest BCUT2D eigenvalue weighted by Gasteiger charge is 2.35. The first-order valence-electron chi connectivity index (χ1n) is 9.18. The largest absolute Gasteiger partial charge is 0.392 e. The van der Waals surface area contributed by atoms with Gasteiger partial charge in [0, 0.05) is 54.4 Å². The van der Waals surface area contributed by atoms with Crippen LogP contribution in [0.4, 0.5) is 0 Å². The number of fused-ring (bicyclic) bond motifs is 1. The summed E-state index contributed by atoms with van der Waals surface area (Å²) in [4.78, 5) is 24.9. The average Bonchev–Trinajstić information content (AvgIpc) is 3.00. The highest BCUT2D eigenvalue weighted by Crippen LogP contribution is 2.40. The van der Waals surface area contributed by atoms with Crippen molar-refractivity contribution >= 4 is 5.78 Å². The van der Waals surface area contributed by atoms with E-state index in [1.54, 1.807) is 24.8 Å². The third-order valence-corrected chi connectivity index (χ3v) is 5.27. The Labute approximate surface area is 158 Å².